The van der Waals surface area contributed by atoms with Gasteiger partial charge in [-0.05, 0) is 31.1 Å². The maximum atomic E-state index is 12.0. The van der Waals surface area contributed by atoms with Gasteiger partial charge in [0.05, 0.1) is 6.61 Å². The number of carbonyl (C=O) groups is 2. The number of hydrogen-bond donors (Lipinski definition) is 0. The third-order valence-electron chi connectivity index (χ3n) is 3.33. The van der Waals surface area contributed by atoms with Gasteiger partial charge in [0, 0.05) is 12.4 Å². The lowest BCUT2D eigenvalue weighted by Crippen LogP contribution is -2.14. The Bertz CT molecular complexity index is 494. The molecule has 0 aliphatic rings. The molecule has 0 fully saturated rings. The summed E-state index contributed by atoms with van der Waals surface area (Å²) in [6.07, 6.45) is 11.5. The lowest BCUT2D eigenvalue weighted by Gasteiger charge is -2.06. The summed E-state index contributed by atoms with van der Waals surface area (Å²) in [6, 6.07) is 3.54. The fraction of sp³-hybridized carbons (Fsp3) is 0.500. The standard InChI is InChI=1S/C18H25NO3/c1-3-4-5-6-7-8-12-22-18(21)17(15(2)20)13-16-10-9-11-19-14-16/h9-11,13-14H,3-8,12H2,1-2H3/b17-13-. The summed E-state index contributed by atoms with van der Waals surface area (Å²) in [5.74, 6) is -0.846. The Morgan fingerprint density at radius 2 is 1.91 bits per heavy atom. The van der Waals surface area contributed by atoms with Crippen molar-refractivity contribution in [3.8, 4) is 0 Å². The predicted octanol–water partition coefficient (Wildman–Crippen LogP) is 3.96. The second-order valence-corrected chi connectivity index (χ2v) is 5.30. The molecule has 0 aliphatic carbocycles. The van der Waals surface area contributed by atoms with Crippen molar-refractivity contribution in [2.75, 3.05) is 6.61 Å². The molecule has 0 aromatic carbocycles. The first-order valence-corrected chi connectivity index (χ1v) is 7.95. The molecule has 0 amide bonds. The molecular formula is C18H25NO3. The number of hydrogen-bond acceptors (Lipinski definition) is 4. The van der Waals surface area contributed by atoms with Gasteiger partial charge >= 0.3 is 5.97 Å². The second-order valence-electron chi connectivity index (χ2n) is 5.30. The quantitative estimate of drug-likeness (QED) is 0.216. The Hall–Kier alpha value is -1.97. The van der Waals surface area contributed by atoms with Gasteiger partial charge in [-0.3, -0.25) is 9.78 Å². The molecule has 0 radical (unpaired) electrons. The Labute approximate surface area is 132 Å². The van der Waals surface area contributed by atoms with Gasteiger partial charge in [0.15, 0.2) is 5.78 Å². The van der Waals surface area contributed by atoms with E-state index in [2.05, 4.69) is 11.9 Å². The lowest BCUT2D eigenvalue weighted by atomic mass is 10.1. The van der Waals surface area contributed by atoms with Crippen molar-refractivity contribution in [3.05, 3.63) is 35.7 Å². The predicted molar refractivity (Wildman–Crippen MR) is 87.2 cm³/mol. The number of rotatable bonds is 10. The number of pyridine rings is 1. The Kier molecular flexibility index (Phi) is 8.80. The van der Waals surface area contributed by atoms with Crippen molar-refractivity contribution < 1.29 is 14.3 Å². The molecule has 0 aliphatic heterocycles. The van der Waals surface area contributed by atoms with Gasteiger partial charge in [0.1, 0.15) is 5.57 Å². The van der Waals surface area contributed by atoms with Crippen molar-refractivity contribution in [1.82, 2.24) is 4.98 Å². The maximum Gasteiger partial charge on any atom is 0.341 e. The Morgan fingerprint density at radius 3 is 2.55 bits per heavy atom. The number of ketones is 1. The van der Waals surface area contributed by atoms with Gasteiger partial charge in [-0.2, -0.15) is 0 Å². The third kappa shape index (κ3) is 7.16. The summed E-state index contributed by atoms with van der Waals surface area (Å²) in [4.78, 5) is 27.6. The van der Waals surface area contributed by atoms with Crippen LogP contribution in [0.15, 0.2) is 30.1 Å². The van der Waals surface area contributed by atoms with Crippen molar-refractivity contribution in [1.29, 1.82) is 0 Å². The smallest absolute Gasteiger partial charge is 0.341 e. The Morgan fingerprint density at radius 1 is 1.18 bits per heavy atom. The van der Waals surface area contributed by atoms with E-state index in [-0.39, 0.29) is 11.4 Å². The summed E-state index contributed by atoms with van der Waals surface area (Å²) < 4.78 is 5.20. The van der Waals surface area contributed by atoms with Crippen LogP contribution >= 0.6 is 0 Å². The monoisotopic (exact) mass is 303 g/mol. The van der Waals surface area contributed by atoms with E-state index in [1.807, 2.05) is 0 Å². The molecule has 1 rings (SSSR count). The van der Waals surface area contributed by atoms with Gasteiger partial charge in [-0.15, -0.1) is 0 Å². The summed E-state index contributed by atoms with van der Waals surface area (Å²) in [5.41, 5.74) is 0.781. The first-order chi connectivity index (χ1) is 10.6. The fourth-order valence-corrected chi connectivity index (χ4v) is 2.06. The minimum atomic E-state index is -0.551. The number of aromatic nitrogens is 1. The molecule has 1 aromatic rings. The van der Waals surface area contributed by atoms with Crippen LogP contribution in [0.25, 0.3) is 6.08 Å². The van der Waals surface area contributed by atoms with E-state index in [4.69, 9.17) is 4.74 Å². The molecule has 0 saturated carbocycles. The molecule has 4 nitrogen and oxygen atoms in total. The average molecular weight is 303 g/mol. The fourth-order valence-electron chi connectivity index (χ4n) is 2.06. The minimum absolute atomic E-state index is 0.0685. The number of unbranched alkanes of at least 4 members (excludes halogenated alkanes) is 5. The number of esters is 1. The molecule has 0 bridgehead atoms. The number of carbonyl (C=O) groups excluding carboxylic acids is 2. The molecule has 120 valence electrons. The van der Waals surface area contributed by atoms with Crippen LogP contribution in [-0.2, 0) is 14.3 Å². The van der Waals surface area contributed by atoms with Crippen LogP contribution in [0.5, 0.6) is 0 Å². The van der Waals surface area contributed by atoms with E-state index in [9.17, 15) is 9.59 Å². The molecular weight excluding hydrogens is 278 g/mol. The van der Waals surface area contributed by atoms with Crippen LogP contribution in [-0.4, -0.2) is 23.3 Å². The molecule has 0 unspecified atom stereocenters. The highest BCUT2D eigenvalue weighted by atomic mass is 16.5. The van der Waals surface area contributed by atoms with Gasteiger partial charge in [0.25, 0.3) is 0 Å². The summed E-state index contributed by atoms with van der Waals surface area (Å²) in [6.45, 7) is 3.91. The maximum absolute atomic E-state index is 12.0. The van der Waals surface area contributed by atoms with Gasteiger partial charge in [-0.1, -0.05) is 45.1 Å². The van der Waals surface area contributed by atoms with Gasteiger partial charge < -0.3 is 4.74 Å². The van der Waals surface area contributed by atoms with E-state index >= 15 is 0 Å². The largest absolute Gasteiger partial charge is 0.462 e. The van der Waals surface area contributed by atoms with E-state index < -0.39 is 5.97 Å². The molecule has 0 spiro atoms. The zero-order chi connectivity index (χ0) is 16.2. The molecule has 0 N–H and O–H groups in total. The van der Waals surface area contributed by atoms with Crippen LogP contribution < -0.4 is 0 Å². The van der Waals surface area contributed by atoms with E-state index in [0.29, 0.717) is 12.2 Å². The zero-order valence-corrected chi connectivity index (χ0v) is 13.5. The van der Waals surface area contributed by atoms with Crippen molar-refractivity contribution in [3.63, 3.8) is 0 Å². The molecule has 4 heteroatoms. The van der Waals surface area contributed by atoms with Crippen LogP contribution in [0.1, 0.15) is 57.9 Å². The number of ether oxygens (including phenoxy) is 1. The topological polar surface area (TPSA) is 56.3 Å². The van der Waals surface area contributed by atoms with Crippen LogP contribution in [0.2, 0.25) is 0 Å². The van der Waals surface area contributed by atoms with Crippen LogP contribution in [0.3, 0.4) is 0 Å². The minimum Gasteiger partial charge on any atom is -0.462 e. The summed E-state index contributed by atoms with van der Waals surface area (Å²) in [5, 5.41) is 0. The first kappa shape index (κ1) is 18.1. The number of Topliss-reactive ketones (excluding diaryl/α,β-unsaturated/α-hetero) is 1. The van der Waals surface area contributed by atoms with E-state index in [1.54, 1.807) is 24.5 Å². The highest BCUT2D eigenvalue weighted by molar-refractivity contribution is 6.19. The average Bonchev–Trinajstić information content (AvgIpc) is 2.52. The first-order valence-electron chi connectivity index (χ1n) is 7.95. The van der Waals surface area contributed by atoms with Crippen LogP contribution in [0.4, 0.5) is 0 Å². The summed E-state index contributed by atoms with van der Waals surface area (Å²) in [7, 11) is 0. The molecule has 0 atom stereocenters. The molecule has 1 aromatic heterocycles. The zero-order valence-electron chi connectivity index (χ0n) is 13.5. The van der Waals surface area contributed by atoms with Gasteiger partial charge in [0.2, 0.25) is 0 Å². The van der Waals surface area contributed by atoms with Crippen molar-refractivity contribution in [2.24, 2.45) is 0 Å². The van der Waals surface area contributed by atoms with Crippen LogP contribution in [0, 0.1) is 0 Å². The van der Waals surface area contributed by atoms with Crippen molar-refractivity contribution >= 4 is 17.8 Å². The molecule has 0 saturated heterocycles. The normalized spacial score (nSPS) is 11.3. The van der Waals surface area contributed by atoms with Crippen molar-refractivity contribution in [2.45, 2.75) is 52.4 Å². The molecule has 1 heterocycles. The highest BCUT2D eigenvalue weighted by Crippen LogP contribution is 2.10. The summed E-state index contributed by atoms with van der Waals surface area (Å²) >= 11 is 0. The third-order valence-corrected chi connectivity index (χ3v) is 3.33. The van der Waals surface area contributed by atoms with E-state index in [1.165, 1.54) is 32.3 Å². The Balaban J connectivity index is 2.43. The highest BCUT2D eigenvalue weighted by Gasteiger charge is 2.15. The second kappa shape index (κ2) is 10.7. The van der Waals surface area contributed by atoms with Gasteiger partial charge in [-0.25, -0.2) is 4.79 Å². The lowest BCUT2D eigenvalue weighted by molar-refractivity contribution is -0.140. The SMILES string of the molecule is CCCCCCCCOC(=O)/C(=C\c1cccnc1)C(C)=O. The van der Waals surface area contributed by atoms with E-state index in [0.717, 1.165) is 19.3 Å². The molecule has 22 heavy (non-hydrogen) atoms. The number of nitrogens with zero attached hydrogens (tertiary/aromatic N) is 1.